The summed E-state index contributed by atoms with van der Waals surface area (Å²) in [5, 5.41) is 2.79. The Morgan fingerprint density at radius 1 is 1.00 bits per heavy atom. The minimum absolute atomic E-state index is 0.204. The third-order valence-electron chi connectivity index (χ3n) is 4.74. The van der Waals surface area contributed by atoms with E-state index in [1.165, 1.54) is 7.05 Å². The number of benzene rings is 2. The van der Waals surface area contributed by atoms with E-state index in [0.717, 1.165) is 34.1 Å². The molecule has 0 saturated heterocycles. The number of sulfonamides is 1. The number of anilines is 1. The summed E-state index contributed by atoms with van der Waals surface area (Å²) in [5.74, 6) is -0.308. The van der Waals surface area contributed by atoms with Crippen LogP contribution in [0.3, 0.4) is 0 Å². The molecule has 0 saturated carbocycles. The van der Waals surface area contributed by atoms with Crippen molar-refractivity contribution in [2.45, 2.75) is 25.2 Å². The number of likely N-dealkylation sites (N-methyl/N-ethyl adjacent to an activating group) is 1. The van der Waals surface area contributed by atoms with Crippen LogP contribution in [0.2, 0.25) is 0 Å². The third-order valence-corrected chi connectivity index (χ3v) is 6.54. The minimum Gasteiger partial charge on any atom is -0.375 e. The summed E-state index contributed by atoms with van der Waals surface area (Å²) in [5.41, 5.74) is 3.05. The normalized spacial score (nSPS) is 11.5. The van der Waals surface area contributed by atoms with Gasteiger partial charge in [0.05, 0.1) is 11.4 Å². The largest absolute Gasteiger partial charge is 0.375 e. The third kappa shape index (κ3) is 5.81. The first-order valence-electron chi connectivity index (χ1n) is 9.28. The maximum Gasteiger partial charge on any atom is 0.243 e. The zero-order valence-electron chi connectivity index (χ0n) is 17.0. The van der Waals surface area contributed by atoms with Gasteiger partial charge in [-0.25, -0.2) is 8.42 Å². The molecule has 6 nitrogen and oxygen atoms in total. The van der Waals surface area contributed by atoms with Gasteiger partial charge in [0.2, 0.25) is 15.9 Å². The number of carbonyl (C=O) groups is 1. The van der Waals surface area contributed by atoms with E-state index in [1.807, 2.05) is 51.2 Å². The van der Waals surface area contributed by atoms with Gasteiger partial charge in [0.25, 0.3) is 0 Å². The molecule has 0 spiro atoms. The fraction of sp³-hybridized carbons (Fsp3) is 0.381. The number of rotatable bonds is 9. The molecule has 0 aliphatic rings. The lowest BCUT2D eigenvalue weighted by Gasteiger charge is -2.20. The summed E-state index contributed by atoms with van der Waals surface area (Å²) in [6.07, 6.45) is 0.769. The predicted molar refractivity (Wildman–Crippen MR) is 113 cm³/mol. The molecule has 0 heterocycles. The highest BCUT2D eigenvalue weighted by atomic mass is 32.2. The van der Waals surface area contributed by atoms with Crippen LogP contribution in [0.5, 0.6) is 0 Å². The Hall–Kier alpha value is -2.38. The van der Waals surface area contributed by atoms with Crippen LogP contribution in [0.4, 0.5) is 5.69 Å². The average molecular weight is 404 g/mol. The summed E-state index contributed by atoms with van der Waals surface area (Å²) in [7, 11) is -0.264. The van der Waals surface area contributed by atoms with Gasteiger partial charge >= 0.3 is 0 Å². The van der Waals surface area contributed by atoms with Crippen molar-refractivity contribution in [3.05, 3.63) is 59.7 Å². The minimum atomic E-state index is -3.69. The van der Waals surface area contributed by atoms with Crippen molar-refractivity contribution < 1.29 is 13.2 Å². The van der Waals surface area contributed by atoms with E-state index in [9.17, 15) is 13.2 Å². The van der Waals surface area contributed by atoms with Gasteiger partial charge in [-0.15, -0.1) is 0 Å². The molecule has 152 valence electrons. The second-order valence-electron chi connectivity index (χ2n) is 6.97. The summed E-state index contributed by atoms with van der Waals surface area (Å²) < 4.78 is 26.4. The van der Waals surface area contributed by atoms with Crippen LogP contribution in [0, 0.1) is 13.8 Å². The van der Waals surface area contributed by atoms with Gasteiger partial charge < -0.3 is 10.2 Å². The Balaban J connectivity index is 1.81. The van der Waals surface area contributed by atoms with Gasteiger partial charge in [-0.3, -0.25) is 4.79 Å². The Labute approximate surface area is 168 Å². The van der Waals surface area contributed by atoms with E-state index in [-0.39, 0.29) is 17.3 Å². The quantitative estimate of drug-likeness (QED) is 0.654. The highest BCUT2D eigenvalue weighted by molar-refractivity contribution is 7.89. The molecule has 1 amide bonds. The standard InChI is InChI=1S/C21H29N3O3S/c1-17-11-12-20(15-18(17)2)28(26,27)24(4)16-21(25)22-13-8-14-23(3)19-9-6-5-7-10-19/h5-7,9-12,15H,8,13-14,16H2,1-4H3,(H,22,25). The second kappa shape index (κ2) is 9.71. The first kappa shape index (κ1) is 21.9. The molecule has 7 heteroatoms. The van der Waals surface area contributed by atoms with Crippen molar-refractivity contribution in [1.82, 2.24) is 9.62 Å². The lowest BCUT2D eigenvalue weighted by atomic mass is 10.1. The van der Waals surface area contributed by atoms with E-state index >= 15 is 0 Å². The van der Waals surface area contributed by atoms with E-state index in [4.69, 9.17) is 0 Å². The molecule has 2 rings (SSSR count). The smallest absolute Gasteiger partial charge is 0.243 e. The first-order chi connectivity index (χ1) is 13.2. The molecule has 0 aliphatic heterocycles. The lowest BCUT2D eigenvalue weighted by molar-refractivity contribution is -0.121. The van der Waals surface area contributed by atoms with Gasteiger partial charge in [0, 0.05) is 32.9 Å². The number of amides is 1. The zero-order valence-corrected chi connectivity index (χ0v) is 17.8. The monoisotopic (exact) mass is 403 g/mol. The molecule has 1 N–H and O–H groups in total. The molecular weight excluding hydrogens is 374 g/mol. The Kier molecular flexibility index (Phi) is 7.60. The molecule has 0 fully saturated rings. The summed E-state index contributed by atoms with van der Waals surface area (Å²) in [4.78, 5) is 14.5. The van der Waals surface area contributed by atoms with Crippen LogP contribution in [0.1, 0.15) is 17.5 Å². The van der Waals surface area contributed by atoms with Crippen molar-refractivity contribution in [1.29, 1.82) is 0 Å². The molecule has 28 heavy (non-hydrogen) atoms. The van der Waals surface area contributed by atoms with Crippen LogP contribution in [0.15, 0.2) is 53.4 Å². The maximum atomic E-state index is 12.6. The zero-order chi connectivity index (χ0) is 20.7. The molecule has 2 aromatic carbocycles. The summed E-state index contributed by atoms with van der Waals surface area (Å²) in [6.45, 7) is 4.88. The van der Waals surface area contributed by atoms with Crippen LogP contribution in [0.25, 0.3) is 0 Å². The van der Waals surface area contributed by atoms with Crippen LogP contribution < -0.4 is 10.2 Å². The predicted octanol–water partition coefficient (Wildman–Crippen LogP) is 2.57. The van der Waals surface area contributed by atoms with Gasteiger partial charge in [0.1, 0.15) is 0 Å². The highest BCUT2D eigenvalue weighted by Crippen LogP contribution is 2.18. The van der Waals surface area contributed by atoms with Crippen molar-refractivity contribution >= 4 is 21.6 Å². The first-order valence-corrected chi connectivity index (χ1v) is 10.7. The van der Waals surface area contributed by atoms with Crippen LogP contribution >= 0.6 is 0 Å². The molecule has 0 atom stereocenters. The second-order valence-corrected chi connectivity index (χ2v) is 9.01. The number of hydrogen-bond acceptors (Lipinski definition) is 4. The number of carbonyl (C=O) groups excluding carboxylic acids is 1. The fourth-order valence-electron chi connectivity index (χ4n) is 2.75. The molecular formula is C21H29N3O3S. The van der Waals surface area contributed by atoms with Crippen molar-refractivity contribution in [3.8, 4) is 0 Å². The number of nitrogens with one attached hydrogen (secondary N) is 1. The Morgan fingerprint density at radius 2 is 1.68 bits per heavy atom. The summed E-state index contributed by atoms with van der Waals surface area (Å²) >= 11 is 0. The number of para-hydroxylation sites is 1. The Bertz CT molecular complexity index is 898. The molecule has 2 aromatic rings. The van der Waals surface area contributed by atoms with E-state index < -0.39 is 10.0 Å². The maximum absolute atomic E-state index is 12.6. The molecule has 0 aliphatic carbocycles. The van der Waals surface area contributed by atoms with Crippen molar-refractivity contribution in [3.63, 3.8) is 0 Å². The SMILES string of the molecule is Cc1ccc(S(=O)(=O)N(C)CC(=O)NCCCN(C)c2ccccc2)cc1C. The molecule has 0 unspecified atom stereocenters. The molecule has 0 bridgehead atoms. The average Bonchev–Trinajstić information content (AvgIpc) is 2.67. The van der Waals surface area contributed by atoms with Gasteiger partial charge in [-0.1, -0.05) is 24.3 Å². The van der Waals surface area contributed by atoms with Crippen molar-refractivity contribution in [2.24, 2.45) is 0 Å². The lowest BCUT2D eigenvalue weighted by Crippen LogP contribution is -2.39. The van der Waals surface area contributed by atoms with E-state index in [1.54, 1.807) is 18.2 Å². The number of hydrogen-bond donors (Lipinski definition) is 1. The van der Waals surface area contributed by atoms with E-state index in [2.05, 4.69) is 10.2 Å². The number of aryl methyl sites for hydroxylation is 2. The van der Waals surface area contributed by atoms with Crippen LogP contribution in [-0.4, -0.2) is 52.4 Å². The van der Waals surface area contributed by atoms with Gasteiger partial charge in [0.15, 0.2) is 0 Å². The van der Waals surface area contributed by atoms with Gasteiger partial charge in [-0.2, -0.15) is 4.31 Å². The van der Waals surface area contributed by atoms with Crippen LogP contribution in [-0.2, 0) is 14.8 Å². The molecule has 0 radical (unpaired) electrons. The topological polar surface area (TPSA) is 69.7 Å². The Morgan fingerprint density at radius 3 is 2.32 bits per heavy atom. The number of nitrogens with zero attached hydrogens (tertiary/aromatic N) is 2. The fourth-order valence-corrected chi connectivity index (χ4v) is 3.97. The van der Waals surface area contributed by atoms with Gasteiger partial charge in [-0.05, 0) is 55.7 Å². The summed E-state index contributed by atoms with van der Waals surface area (Å²) in [6, 6.07) is 15.0. The molecule has 0 aromatic heterocycles. The van der Waals surface area contributed by atoms with E-state index in [0.29, 0.717) is 6.54 Å². The highest BCUT2D eigenvalue weighted by Gasteiger charge is 2.23. The van der Waals surface area contributed by atoms with Crippen molar-refractivity contribution in [2.75, 3.05) is 38.6 Å².